The van der Waals surface area contributed by atoms with Crippen molar-refractivity contribution >= 4 is 33.2 Å². The van der Waals surface area contributed by atoms with Gasteiger partial charge in [-0.1, -0.05) is 0 Å². The molecular formula is C23H26FN3O4S. The molecule has 0 aromatic heterocycles. The molecule has 1 saturated heterocycles. The van der Waals surface area contributed by atoms with Crippen LogP contribution in [-0.2, 0) is 26.0 Å². The maximum absolute atomic E-state index is 13.3. The number of rotatable bonds is 4. The summed E-state index contributed by atoms with van der Waals surface area (Å²) in [7, 11) is -3.78. The third kappa shape index (κ3) is 4.54. The third-order valence-electron chi connectivity index (χ3n) is 6.05. The Labute approximate surface area is 187 Å². The van der Waals surface area contributed by atoms with Crippen LogP contribution in [0, 0.1) is 11.7 Å². The minimum atomic E-state index is -3.78. The van der Waals surface area contributed by atoms with Crippen molar-refractivity contribution in [2.75, 3.05) is 29.9 Å². The molecule has 2 heterocycles. The molecule has 1 atom stereocenters. The lowest BCUT2D eigenvalue weighted by atomic mass is 9.99. The lowest BCUT2D eigenvalue weighted by Gasteiger charge is -2.32. The van der Waals surface area contributed by atoms with Crippen LogP contribution < -0.4 is 10.2 Å². The first kappa shape index (κ1) is 22.4. The van der Waals surface area contributed by atoms with Crippen LogP contribution in [0.25, 0.3) is 0 Å². The SMILES string of the molecule is CC(=O)N1CCCc2cc(S(=O)(=O)N3CCC[C@H](C(=O)Nc4ccc(F)cc4)C3)ccc21. The van der Waals surface area contributed by atoms with Crippen molar-refractivity contribution < 1.29 is 22.4 Å². The maximum atomic E-state index is 13.3. The predicted octanol–water partition coefficient (Wildman–Crippen LogP) is 3.16. The molecule has 2 amide bonds. The summed E-state index contributed by atoms with van der Waals surface area (Å²) < 4.78 is 41.1. The topological polar surface area (TPSA) is 86.8 Å². The third-order valence-corrected chi connectivity index (χ3v) is 7.92. The van der Waals surface area contributed by atoms with Crippen LogP contribution in [0.1, 0.15) is 31.7 Å². The molecule has 0 radical (unpaired) electrons. The van der Waals surface area contributed by atoms with Crippen molar-refractivity contribution in [2.45, 2.75) is 37.5 Å². The summed E-state index contributed by atoms with van der Waals surface area (Å²) in [5.41, 5.74) is 2.08. The Morgan fingerprint density at radius 1 is 1.06 bits per heavy atom. The fraction of sp³-hybridized carbons (Fsp3) is 0.391. The molecule has 2 aromatic rings. The summed E-state index contributed by atoms with van der Waals surface area (Å²) in [6, 6.07) is 10.4. The Hall–Kier alpha value is -2.78. The molecule has 0 unspecified atom stereocenters. The van der Waals surface area contributed by atoms with Gasteiger partial charge in [-0.05, 0) is 73.7 Å². The van der Waals surface area contributed by atoms with Crippen LogP contribution in [0.4, 0.5) is 15.8 Å². The number of piperidine rings is 1. The lowest BCUT2D eigenvalue weighted by Crippen LogP contribution is -2.43. The van der Waals surface area contributed by atoms with Gasteiger partial charge in [-0.25, -0.2) is 12.8 Å². The fourth-order valence-corrected chi connectivity index (χ4v) is 5.94. The van der Waals surface area contributed by atoms with Gasteiger partial charge in [0.1, 0.15) is 5.82 Å². The maximum Gasteiger partial charge on any atom is 0.243 e. The standard InChI is InChI=1S/C23H26FN3O4S/c1-16(28)27-13-3-4-17-14-21(10-11-22(17)27)32(30,31)26-12-2-5-18(15-26)23(29)25-20-8-6-19(24)7-9-20/h6-11,14,18H,2-5,12-13,15H2,1H3,(H,25,29)/t18-/m0/s1. The number of anilines is 2. The highest BCUT2D eigenvalue weighted by atomic mass is 32.2. The van der Waals surface area contributed by atoms with Gasteiger partial charge in [-0.15, -0.1) is 0 Å². The van der Waals surface area contributed by atoms with Crippen molar-refractivity contribution in [3.05, 3.63) is 53.8 Å². The van der Waals surface area contributed by atoms with E-state index in [2.05, 4.69) is 5.32 Å². The predicted molar refractivity (Wildman–Crippen MR) is 119 cm³/mol. The van der Waals surface area contributed by atoms with E-state index in [0.717, 1.165) is 17.7 Å². The van der Waals surface area contributed by atoms with Gasteiger partial charge < -0.3 is 10.2 Å². The van der Waals surface area contributed by atoms with E-state index in [1.165, 1.54) is 41.6 Å². The molecular weight excluding hydrogens is 433 g/mol. The zero-order valence-corrected chi connectivity index (χ0v) is 18.7. The van der Waals surface area contributed by atoms with E-state index in [0.29, 0.717) is 38.0 Å². The highest BCUT2D eigenvalue weighted by Crippen LogP contribution is 2.32. The number of halogens is 1. The van der Waals surface area contributed by atoms with Gasteiger partial charge in [-0.3, -0.25) is 9.59 Å². The Balaban J connectivity index is 1.50. The van der Waals surface area contributed by atoms with Gasteiger partial charge >= 0.3 is 0 Å². The van der Waals surface area contributed by atoms with Crippen LogP contribution in [0.3, 0.4) is 0 Å². The second-order valence-electron chi connectivity index (χ2n) is 8.26. The van der Waals surface area contributed by atoms with E-state index in [4.69, 9.17) is 0 Å². The van der Waals surface area contributed by atoms with Crippen LogP contribution >= 0.6 is 0 Å². The van der Waals surface area contributed by atoms with Gasteiger partial charge in [0.2, 0.25) is 21.8 Å². The minimum absolute atomic E-state index is 0.0624. The quantitative estimate of drug-likeness (QED) is 0.761. The second kappa shape index (κ2) is 8.99. The number of carbonyl (C=O) groups is 2. The summed E-state index contributed by atoms with van der Waals surface area (Å²) in [5.74, 6) is -1.23. The number of fused-ring (bicyclic) bond motifs is 1. The molecule has 7 nitrogen and oxygen atoms in total. The molecule has 9 heteroatoms. The highest BCUT2D eigenvalue weighted by molar-refractivity contribution is 7.89. The number of hydrogen-bond donors (Lipinski definition) is 1. The van der Waals surface area contributed by atoms with Gasteiger partial charge in [0, 0.05) is 37.9 Å². The second-order valence-corrected chi connectivity index (χ2v) is 10.2. The lowest BCUT2D eigenvalue weighted by molar-refractivity contribution is -0.121. The molecule has 2 aliphatic rings. The average molecular weight is 460 g/mol. The van der Waals surface area contributed by atoms with Gasteiger partial charge in [0.15, 0.2) is 0 Å². The number of nitrogens with zero attached hydrogens (tertiary/aromatic N) is 2. The molecule has 0 spiro atoms. The Bertz CT molecular complexity index is 1130. The molecule has 1 N–H and O–H groups in total. The first-order valence-corrected chi connectivity index (χ1v) is 12.2. The van der Waals surface area contributed by atoms with Crippen LogP contribution in [-0.4, -0.2) is 44.2 Å². The highest BCUT2D eigenvalue weighted by Gasteiger charge is 2.34. The van der Waals surface area contributed by atoms with Crippen LogP contribution in [0.2, 0.25) is 0 Å². The van der Waals surface area contributed by atoms with Crippen molar-refractivity contribution in [1.29, 1.82) is 0 Å². The molecule has 0 saturated carbocycles. The number of hydrogen-bond acceptors (Lipinski definition) is 4. The summed E-state index contributed by atoms with van der Waals surface area (Å²) in [6.07, 6.45) is 2.65. The number of carbonyl (C=O) groups excluding carboxylic acids is 2. The number of benzene rings is 2. The molecule has 1 fully saturated rings. The van der Waals surface area contributed by atoms with Crippen molar-refractivity contribution in [3.63, 3.8) is 0 Å². The summed E-state index contributed by atoms with van der Waals surface area (Å²) >= 11 is 0. The van der Waals surface area contributed by atoms with Gasteiger partial charge in [0.05, 0.1) is 10.8 Å². The molecule has 0 aliphatic carbocycles. The number of nitrogens with one attached hydrogen (secondary N) is 1. The van der Waals surface area contributed by atoms with Crippen LogP contribution in [0.15, 0.2) is 47.4 Å². The first-order valence-electron chi connectivity index (χ1n) is 10.7. The first-order chi connectivity index (χ1) is 15.3. The van der Waals surface area contributed by atoms with E-state index < -0.39 is 21.8 Å². The van der Waals surface area contributed by atoms with Crippen LogP contribution in [0.5, 0.6) is 0 Å². The molecule has 2 aromatic carbocycles. The number of amides is 2. The average Bonchev–Trinajstić information content (AvgIpc) is 2.79. The van der Waals surface area contributed by atoms with Gasteiger partial charge in [0.25, 0.3) is 0 Å². The molecule has 32 heavy (non-hydrogen) atoms. The largest absolute Gasteiger partial charge is 0.326 e. The summed E-state index contributed by atoms with van der Waals surface area (Å²) in [4.78, 5) is 26.4. The minimum Gasteiger partial charge on any atom is -0.326 e. The van der Waals surface area contributed by atoms with Gasteiger partial charge in [-0.2, -0.15) is 4.31 Å². The Morgan fingerprint density at radius 2 is 1.81 bits per heavy atom. The number of sulfonamides is 1. The van der Waals surface area contributed by atoms with E-state index in [-0.39, 0.29) is 23.3 Å². The van der Waals surface area contributed by atoms with E-state index >= 15 is 0 Å². The zero-order chi connectivity index (χ0) is 22.9. The van der Waals surface area contributed by atoms with Crippen molar-refractivity contribution in [1.82, 2.24) is 4.31 Å². The molecule has 170 valence electrons. The Morgan fingerprint density at radius 3 is 2.53 bits per heavy atom. The van der Waals surface area contributed by atoms with Crippen molar-refractivity contribution in [3.8, 4) is 0 Å². The van der Waals surface area contributed by atoms with E-state index in [1.54, 1.807) is 17.0 Å². The van der Waals surface area contributed by atoms with E-state index in [1.807, 2.05) is 0 Å². The Kier molecular flexibility index (Phi) is 6.30. The zero-order valence-electron chi connectivity index (χ0n) is 17.9. The smallest absolute Gasteiger partial charge is 0.243 e. The number of aryl methyl sites for hydroxylation is 1. The molecule has 4 rings (SSSR count). The fourth-order valence-electron chi connectivity index (χ4n) is 4.36. The normalized spacial score (nSPS) is 19.3. The summed E-state index contributed by atoms with van der Waals surface area (Å²) in [5, 5.41) is 2.74. The summed E-state index contributed by atoms with van der Waals surface area (Å²) in [6.45, 7) is 2.57. The molecule has 0 bridgehead atoms. The molecule has 2 aliphatic heterocycles. The van der Waals surface area contributed by atoms with Crippen molar-refractivity contribution in [2.24, 2.45) is 5.92 Å². The van der Waals surface area contributed by atoms with E-state index in [9.17, 15) is 22.4 Å². The monoisotopic (exact) mass is 459 g/mol.